The lowest BCUT2D eigenvalue weighted by Gasteiger charge is -2.36. The molecule has 2 fully saturated rings. The molecule has 1 aromatic heterocycles. The summed E-state index contributed by atoms with van der Waals surface area (Å²) >= 11 is 0. The maximum absolute atomic E-state index is 13.2. The van der Waals surface area contributed by atoms with E-state index in [1.54, 1.807) is 6.07 Å². The monoisotopic (exact) mass is 425 g/mol. The molecule has 31 heavy (non-hydrogen) atoms. The number of piperazine rings is 1. The van der Waals surface area contributed by atoms with Crippen LogP contribution in [0.3, 0.4) is 0 Å². The average Bonchev–Trinajstić information content (AvgIpc) is 2.83. The third-order valence-corrected chi connectivity index (χ3v) is 5.81. The van der Waals surface area contributed by atoms with Crippen LogP contribution in [-0.4, -0.2) is 86.5 Å². The van der Waals surface area contributed by atoms with Crippen molar-refractivity contribution in [1.82, 2.24) is 14.9 Å². The zero-order chi connectivity index (χ0) is 21.2. The van der Waals surface area contributed by atoms with Crippen molar-refractivity contribution < 1.29 is 19.0 Å². The predicted molar refractivity (Wildman–Crippen MR) is 115 cm³/mol. The zero-order valence-corrected chi connectivity index (χ0v) is 17.7. The Morgan fingerprint density at radius 2 is 1.68 bits per heavy atom. The van der Waals surface area contributed by atoms with Crippen LogP contribution in [0.2, 0.25) is 0 Å². The molecule has 0 radical (unpaired) electrons. The number of hydrogen-bond acceptors (Lipinski definition) is 8. The fourth-order valence-corrected chi connectivity index (χ4v) is 4.15. The van der Waals surface area contributed by atoms with Crippen molar-refractivity contribution in [3.8, 4) is 11.5 Å². The van der Waals surface area contributed by atoms with Crippen LogP contribution < -0.4 is 19.3 Å². The number of benzene rings is 1. The number of carbonyl (C=O) groups excluding carboxylic acids is 1. The van der Waals surface area contributed by atoms with Crippen molar-refractivity contribution in [3.05, 3.63) is 35.5 Å². The molecule has 0 unspecified atom stereocenters. The van der Waals surface area contributed by atoms with Crippen LogP contribution in [0.15, 0.2) is 24.3 Å². The first kappa shape index (κ1) is 19.9. The van der Waals surface area contributed by atoms with Gasteiger partial charge in [0.15, 0.2) is 11.5 Å². The van der Waals surface area contributed by atoms with Crippen LogP contribution in [0.25, 0.3) is 0 Å². The Morgan fingerprint density at radius 3 is 2.48 bits per heavy atom. The molecule has 0 atom stereocenters. The number of amides is 1. The number of anilines is 2. The number of fused-ring (bicyclic) bond motifs is 1. The molecule has 4 heterocycles. The van der Waals surface area contributed by atoms with E-state index in [0.29, 0.717) is 56.5 Å². The minimum Gasteiger partial charge on any atom is -0.486 e. The largest absolute Gasteiger partial charge is 0.486 e. The molecule has 0 saturated carbocycles. The van der Waals surface area contributed by atoms with E-state index in [4.69, 9.17) is 19.2 Å². The third kappa shape index (κ3) is 4.10. The second-order valence-electron chi connectivity index (χ2n) is 7.88. The summed E-state index contributed by atoms with van der Waals surface area (Å²) in [5.41, 5.74) is 1.50. The number of carbonyl (C=O) groups is 1. The van der Waals surface area contributed by atoms with Gasteiger partial charge >= 0.3 is 0 Å². The van der Waals surface area contributed by atoms with Crippen LogP contribution in [0.5, 0.6) is 11.5 Å². The molecule has 0 N–H and O–H groups in total. The molecule has 3 aliphatic rings. The van der Waals surface area contributed by atoms with Crippen LogP contribution in [0.1, 0.15) is 16.1 Å². The van der Waals surface area contributed by atoms with Gasteiger partial charge in [-0.1, -0.05) is 6.07 Å². The second kappa shape index (κ2) is 8.58. The van der Waals surface area contributed by atoms with E-state index in [0.717, 1.165) is 43.8 Å². The molecule has 0 aliphatic carbocycles. The Bertz CT molecular complexity index is 955. The van der Waals surface area contributed by atoms with Gasteiger partial charge in [-0.05, 0) is 19.1 Å². The van der Waals surface area contributed by atoms with Crippen LogP contribution >= 0.6 is 0 Å². The van der Waals surface area contributed by atoms with Crippen LogP contribution in [0.4, 0.5) is 11.8 Å². The highest BCUT2D eigenvalue weighted by Gasteiger charge is 2.28. The molecule has 164 valence electrons. The van der Waals surface area contributed by atoms with Crippen molar-refractivity contribution in [2.45, 2.75) is 6.92 Å². The summed E-state index contributed by atoms with van der Waals surface area (Å²) in [6.45, 7) is 8.66. The highest BCUT2D eigenvalue weighted by Crippen LogP contribution is 2.34. The smallest absolute Gasteiger partial charge is 0.257 e. The van der Waals surface area contributed by atoms with Gasteiger partial charge in [0, 0.05) is 51.0 Å². The van der Waals surface area contributed by atoms with Crippen molar-refractivity contribution >= 4 is 17.7 Å². The Balaban J connectivity index is 1.28. The first-order valence-electron chi connectivity index (χ1n) is 10.8. The van der Waals surface area contributed by atoms with Gasteiger partial charge in [0.1, 0.15) is 19.0 Å². The Morgan fingerprint density at radius 1 is 0.903 bits per heavy atom. The number of hydrogen-bond donors (Lipinski definition) is 0. The van der Waals surface area contributed by atoms with E-state index in [1.165, 1.54) is 0 Å². The fraction of sp³-hybridized carbons (Fsp3) is 0.500. The summed E-state index contributed by atoms with van der Waals surface area (Å²) in [6.07, 6.45) is 0. The van der Waals surface area contributed by atoms with E-state index in [2.05, 4.69) is 14.8 Å². The Kier molecular flexibility index (Phi) is 5.50. The standard InChI is InChI=1S/C22H27N5O4/c1-16-15-19(25-9-11-29-12-10-25)24-22(23-16)27-7-5-26(6-8-27)21(28)17-3-2-4-18-20(17)31-14-13-30-18/h2-4,15H,5-14H2,1H3. The minimum absolute atomic E-state index is 0.0267. The van der Waals surface area contributed by atoms with Gasteiger partial charge in [0.2, 0.25) is 5.95 Å². The lowest BCUT2D eigenvalue weighted by atomic mass is 10.1. The topological polar surface area (TPSA) is 80.3 Å². The second-order valence-corrected chi connectivity index (χ2v) is 7.88. The number of nitrogens with zero attached hydrogens (tertiary/aromatic N) is 5. The quantitative estimate of drug-likeness (QED) is 0.729. The molecule has 5 rings (SSSR count). The molecule has 1 aromatic carbocycles. The first-order chi connectivity index (χ1) is 15.2. The summed E-state index contributed by atoms with van der Waals surface area (Å²) < 4.78 is 16.8. The summed E-state index contributed by atoms with van der Waals surface area (Å²) in [4.78, 5) is 28.9. The molecule has 2 aromatic rings. The van der Waals surface area contributed by atoms with Gasteiger partial charge in [-0.25, -0.2) is 4.98 Å². The summed E-state index contributed by atoms with van der Waals surface area (Å²) in [7, 11) is 0. The highest BCUT2D eigenvalue weighted by molar-refractivity contribution is 5.98. The van der Waals surface area contributed by atoms with Crippen LogP contribution in [0, 0.1) is 6.92 Å². The lowest BCUT2D eigenvalue weighted by molar-refractivity contribution is 0.0735. The number of aromatic nitrogens is 2. The molecule has 3 aliphatic heterocycles. The summed E-state index contributed by atoms with van der Waals surface area (Å²) in [6, 6.07) is 7.50. The predicted octanol–water partition coefficient (Wildman–Crippen LogP) is 1.36. The number of aryl methyl sites for hydroxylation is 1. The normalized spacial score (nSPS) is 18.8. The van der Waals surface area contributed by atoms with E-state index in [1.807, 2.05) is 30.0 Å². The molecule has 1 amide bonds. The summed E-state index contributed by atoms with van der Waals surface area (Å²) in [5, 5.41) is 0. The van der Waals surface area contributed by atoms with Gasteiger partial charge < -0.3 is 28.9 Å². The van der Waals surface area contributed by atoms with Gasteiger partial charge in [-0.2, -0.15) is 4.98 Å². The molecular weight excluding hydrogens is 398 g/mol. The Labute approximate surface area is 181 Å². The van der Waals surface area contributed by atoms with Gasteiger partial charge in [0.05, 0.1) is 18.8 Å². The van der Waals surface area contributed by atoms with E-state index in [-0.39, 0.29) is 5.91 Å². The number of ether oxygens (including phenoxy) is 3. The number of rotatable bonds is 3. The Hall–Kier alpha value is -3.07. The van der Waals surface area contributed by atoms with E-state index < -0.39 is 0 Å². The SMILES string of the molecule is Cc1cc(N2CCOCC2)nc(N2CCN(C(=O)c3cccc4c3OCCO4)CC2)n1. The van der Waals surface area contributed by atoms with Gasteiger partial charge in [-0.15, -0.1) is 0 Å². The summed E-state index contributed by atoms with van der Waals surface area (Å²) in [5.74, 6) is 2.83. The molecule has 9 heteroatoms. The number of morpholine rings is 1. The van der Waals surface area contributed by atoms with Crippen LogP contribution in [-0.2, 0) is 4.74 Å². The molecule has 0 spiro atoms. The van der Waals surface area contributed by atoms with Gasteiger partial charge in [0.25, 0.3) is 5.91 Å². The van der Waals surface area contributed by atoms with Gasteiger partial charge in [-0.3, -0.25) is 4.79 Å². The molecule has 2 saturated heterocycles. The minimum atomic E-state index is -0.0267. The first-order valence-corrected chi connectivity index (χ1v) is 10.8. The van der Waals surface area contributed by atoms with Crippen molar-refractivity contribution in [2.75, 3.05) is 75.5 Å². The maximum Gasteiger partial charge on any atom is 0.257 e. The van der Waals surface area contributed by atoms with E-state index >= 15 is 0 Å². The van der Waals surface area contributed by atoms with Crippen molar-refractivity contribution in [1.29, 1.82) is 0 Å². The lowest BCUT2D eigenvalue weighted by Crippen LogP contribution is -2.49. The fourth-order valence-electron chi connectivity index (χ4n) is 4.15. The van der Waals surface area contributed by atoms with Crippen molar-refractivity contribution in [2.24, 2.45) is 0 Å². The highest BCUT2D eigenvalue weighted by atomic mass is 16.6. The molecule has 9 nitrogen and oxygen atoms in total. The zero-order valence-electron chi connectivity index (χ0n) is 17.7. The van der Waals surface area contributed by atoms with Crippen molar-refractivity contribution in [3.63, 3.8) is 0 Å². The maximum atomic E-state index is 13.2. The van der Waals surface area contributed by atoms with E-state index in [9.17, 15) is 4.79 Å². The molecular formula is C22H27N5O4. The molecule has 0 bridgehead atoms. The average molecular weight is 425 g/mol. The number of para-hydroxylation sites is 1. The third-order valence-electron chi connectivity index (χ3n) is 5.81.